The molecular formula is C30H27N9. The van der Waals surface area contributed by atoms with Gasteiger partial charge in [0.15, 0.2) is 0 Å². The molecule has 3 aromatic heterocycles. The number of nitrogen functional groups attached to an aromatic ring is 2. The fourth-order valence-corrected chi connectivity index (χ4v) is 5.02. The Bertz CT molecular complexity index is 1780. The molecule has 5 aromatic rings. The lowest BCUT2D eigenvalue weighted by Crippen LogP contribution is -2.29. The molecule has 0 amide bonds. The predicted molar refractivity (Wildman–Crippen MR) is 158 cm³/mol. The highest BCUT2D eigenvalue weighted by Gasteiger charge is 2.25. The number of aryl methyl sites for hydroxylation is 1. The van der Waals surface area contributed by atoms with Gasteiger partial charge in [-0.05, 0) is 48.4 Å². The van der Waals surface area contributed by atoms with Gasteiger partial charge in [0.2, 0.25) is 0 Å². The molecule has 192 valence electrons. The monoisotopic (exact) mass is 513 g/mol. The zero-order chi connectivity index (χ0) is 27.1. The molecule has 0 fully saturated rings. The first-order chi connectivity index (χ1) is 18.9. The number of hydrogen-bond acceptors (Lipinski definition) is 8. The van der Waals surface area contributed by atoms with Crippen molar-refractivity contribution in [1.29, 1.82) is 5.41 Å². The Morgan fingerprint density at radius 3 is 2.64 bits per heavy atom. The quantitative estimate of drug-likeness (QED) is 0.236. The first-order valence-electron chi connectivity index (χ1n) is 12.4. The van der Waals surface area contributed by atoms with Crippen LogP contribution in [0.4, 0.5) is 23.1 Å². The second-order valence-corrected chi connectivity index (χ2v) is 9.35. The van der Waals surface area contributed by atoms with Gasteiger partial charge >= 0.3 is 0 Å². The van der Waals surface area contributed by atoms with Gasteiger partial charge in [-0.1, -0.05) is 43.0 Å². The molecule has 4 heterocycles. The smallest absolute Gasteiger partial charge is 0.142 e. The maximum atomic E-state index is 8.98. The van der Waals surface area contributed by atoms with E-state index in [0.717, 1.165) is 33.8 Å². The maximum absolute atomic E-state index is 8.98. The number of para-hydroxylation sites is 1. The van der Waals surface area contributed by atoms with E-state index in [4.69, 9.17) is 16.9 Å². The van der Waals surface area contributed by atoms with E-state index in [1.165, 1.54) is 6.33 Å². The van der Waals surface area contributed by atoms with Crippen LogP contribution in [0, 0.1) is 12.3 Å². The van der Waals surface area contributed by atoms with Crippen molar-refractivity contribution in [2.24, 2.45) is 0 Å². The third-order valence-corrected chi connectivity index (χ3v) is 6.81. The van der Waals surface area contributed by atoms with E-state index in [-0.39, 0.29) is 11.5 Å². The molecule has 6 rings (SSSR count). The van der Waals surface area contributed by atoms with Gasteiger partial charge in [0, 0.05) is 34.4 Å². The van der Waals surface area contributed by atoms with Crippen LogP contribution in [-0.2, 0) is 0 Å². The van der Waals surface area contributed by atoms with Crippen LogP contribution >= 0.6 is 0 Å². The van der Waals surface area contributed by atoms with E-state index in [9.17, 15) is 0 Å². The molecule has 6 N–H and O–H groups in total. The van der Waals surface area contributed by atoms with Crippen LogP contribution in [-0.4, -0.2) is 31.6 Å². The SMILES string of the molecule is C=C1c2c(C)cccc2C=C(CNc2ncnc(N)c2C(=N)c2ccc3nc(N)cn3c2)N1c1ccccc1. The molecule has 0 saturated carbocycles. The zero-order valence-electron chi connectivity index (χ0n) is 21.4. The lowest BCUT2D eigenvalue weighted by Gasteiger charge is -2.35. The van der Waals surface area contributed by atoms with Gasteiger partial charge in [-0.15, -0.1) is 0 Å². The van der Waals surface area contributed by atoms with Crippen molar-refractivity contribution >= 4 is 46.3 Å². The van der Waals surface area contributed by atoms with E-state index in [1.54, 1.807) is 16.8 Å². The number of aromatic nitrogens is 4. The minimum Gasteiger partial charge on any atom is -0.383 e. The zero-order valence-corrected chi connectivity index (χ0v) is 21.4. The first kappa shape index (κ1) is 23.9. The minimum absolute atomic E-state index is 0.188. The van der Waals surface area contributed by atoms with Gasteiger partial charge in [0.05, 0.1) is 24.0 Å². The highest BCUT2D eigenvalue weighted by atomic mass is 15.2. The summed E-state index contributed by atoms with van der Waals surface area (Å²) in [6.07, 6.45) is 7.05. The topological polar surface area (TPSA) is 134 Å². The molecule has 0 atom stereocenters. The van der Waals surface area contributed by atoms with Crippen molar-refractivity contribution in [1.82, 2.24) is 19.4 Å². The lowest BCUT2D eigenvalue weighted by molar-refractivity contribution is 1.06. The molecule has 1 aliphatic heterocycles. The number of fused-ring (bicyclic) bond motifs is 2. The van der Waals surface area contributed by atoms with Gasteiger partial charge in [0.1, 0.15) is 29.4 Å². The van der Waals surface area contributed by atoms with E-state index >= 15 is 0 Å². The van der Waals surface area contributed by atoms with Gasteiger partial charge in [0.25, 0.3) is 0 Å². The number of pyridine rings is 1. The molecule has 2 aromatic carbocycles. The summed E-state index contributed by atoms with van der Waals surface area (Å²) >= 11 is 0. The Morgan fingerprint density at radius 1 is 1.00 bits per heavy atom. The summed E-state index contributed by atoms with van der Waals surface area (Å²) in [6, 6.07) is 20.0. The summed E-state index contributed by atoms with van der Waals surface area (Å²) in [5.41, 5.74) is 20.3. The van der Waals surface area contributed by atoms with Crippen molar-refractivity contribution in [3.8, 4) is 0 Å². The molecular weight excluding hydrogens is 486 g/mol. The highest BCUT2D eigenvalue weighted by molar-refractivity contribution is 6.16. The molecule has 0 bridgehead atoms. The summed E-state index contributed by atoms with van der Waals surface area (Å²) in [5.74, 6) is 1.09. The third kappa shape index (κ3) is 4.25. The summed E-state index contributed by atoms with van der Waals surface area (Å²) in [5, 5.41) is 12.4. The van der Waals surface area contributed by atoms with E-state index < -0.39 is 0 Å². The molecule has 0 aliphatic carbocycles. The predicted octanol–water partition coefficient (Wildman–Crippen LogP) is 4.96. The lowest BCUT2D eigenvalue weighted by atomic mass is 9.94. The molecule has 0 radical (unpaired) electrons. The Labute approximate surface area is 225 Å². The largest absolute Gasteiger partial charge is 0.383 e. The van der Waals surface area contributed by atoms with Crippen molar-refractivity contribution < 1.29 is 0 Å². The number of imidazole rings is 1. The Morgan fingerprint density at radius 2 is 1.82 bits per heavy atom. The molecule has 0 saturated heterocycles. The molecule has 1 aliphatic rings. The van der Waals surface area contributed by atoms with E-state index in [0.29, 0.717) is 35.0 Å². The number of nitrogens with one attached hydrogen (secondary N) is 2. The van der Waals surface area contributed by atoms with Crippen LogP contribution in [0.15, 0.2) is 91.7 Å². The van der Waals surface area contributed by atoms with Crippen LogP contribution in [0.3, 0.4) is 0 Å². The highest BCUT2D eigenvalue weighted by Crippen LogP contribution is 2.38. The van der Waals surface area contributed by atoms with Crippen molar-refractivity contribution in [2.75, 3.05) is 28.2 Å². The number of rotatable bonds is 6. The number of benzene rings is 2. The normalized spacial score (nSPS) is 12.8. The molecule has 9 heteroatoms. The summed E-state index contributed by atoms with van der Waals surface area (Å²) in [7, 11) is 0. The van der Waals surface area contributed by atoms with E-state index in [2.05, 4.69) is 75.1 Å². The second kappa shape index (κ2) is 9.46. The summed E-state index contributed by atoms with van der Waals surface area (Å²) in [6.45, 7) is 6.98. The fraction of sp³-hybridized carbons (Fsp3) is 0.0667. The summed E-state index contributed by atoms with van der Waals surface area (Å²) < 4.78 is 1.78. The van der Waals surface area contributed by atoms with Crippen molar-refractivity contribution in [2.45, 2.75) is 6.92 Å². The van der Waals surface area contributed by atoms with Crippen molar-refractivity contribution in [3.05, 3.63) is 119 Å². The van der Waals surface area contributed by atoms with Gasteiger partial charge in [-0.2, -0.15) is 0 Å². The molecule has 0 unspecified atom stereocenters. The van der Waals surface area contributed by atoms with E-state index in [1.807, 2.05) is 30.3 Å². The van der Waals surface area contributed by atoms with Gasteiger partial charge in [-0.25, -0.2) is 15.0 Å². The Kier molecular flexibility index (Phi) is 5.80. The van der Waals surface area contributed by atoms with Gasteiger partial charge < -0.3 is 26.1 Å². The second-order valence-electron chi connectivity index (χ2n) is 9.35. The average molecular weight is 514 g/mol. The number of anilines is 4. The van der Waals surface area contributed by atoms with Crippen LogP contribution in [0.2, 0.25) is 0 Å². The van der Waals surface area contributed by atoms with Crippen LogP contribution in [0.1, 0.15) is 27.8 Å². The van der Waals surface area contributed by atoms with Gasteiger partial charge in [-0.3, -0.25) is 5.41 Å². The maximum Gasteiger partial charge on any atom is 0.142 e. The molecule has 9 nitrogen and oxygen atoms in total. The Balaban J connectivity index is 1.36. The van der Waals surface area contributed by atoms with Crippen LogP contribution in [0.25, 0.3) is 17.4 Å². The average Bonchev–Trinajstić information content (AvgIpc) is 3.31. The first-order valence-corrected chi connectivity index (χ1v) is 12.4. The summed E-state index contributed by atoms with van der Waals surface area (Å²) in [4.78, 5) is 15.0. The Hall–Kier alpha value is -5.44. The standard InChI is InChI=1S/C30H27N9/c1-18-7-6-8-20-13-23(39(19(2)26(18)20)22-9-4-3-5-10-22)14-34-30-27(29(33)35-17-36-30)28(32)21-11-12-25-37-24(31)16-38(25)15-21/h3-13,15-17,32H,2,14,31H2,1H3,(H3,33,34,35,36). The third-order valence-electron chi connectivity index (χ3n) is 6.81. The molecule has 39 heavy (non-hydrogen) atoms. The van der Waals surface area contributed by atoms with Crippen LogP contribution in [0.5, 0.6) is 0 Å². The number of nitrogens with zero attached hydrogens (tertiary/aromatic N) is 5. The number of hydrogen-bond donors (Lipinski definition) is 4. The minimum atomic E-state index is 0.188. The van der Waals surface area contributed by atoms with Crippen molar-refractivity contribution in [3.63, 3.8) is 0 Å². The number of nitrogens with two attached hydrogens (primary N) is 2. The molecule has 0 spiro atoms. The fourth-order valence-electron chi connectivity index (χ4n) is 5.02. The van der Waals surface area contributed by atoms with Crippen LogP contribution < -0.4 is 21.7 Å².